The van der Waals surface area contributed by atoms with Crippen LogP contribution >= 0.6 is 0 Å². The molecule has 2 rings (SSSR count). The molecule has 1 saturated heterocycles. The van der Waals surface area contributed by atoms with Crippen LogP contribution in [0.1, 0.15) is 24.8 Å². The summed E-state index contributed by atoms with van der Waals surface area (Å²) in [5, 5.41) is 3.47. The Kier molecular flexibility index (Phi) is 2.13. The van der Waals surface area contributed by atoms with Gasteiger partial charge in [-0.3, -0.25) is 0 Å². The second-order valence-electron chi connectivity index (χ2n) is 3.65. The molecular weight excluding hydrogens is 146 g/mol. The minimum atomic E-state index is 0.690. The van der Waals surface area contributed by atoms with E-state index in [0.29, 0.717) is 6.04 Å². The zero-order valence-electron chi connectivity index (χ0n) is 7.46. The lowest BCUT2D eigenvalue weighted by Gasteiger charge is -2.07. The van der Waals surface area contributed by atoms with E-state index >= 15 is 0 Å². The molecule has 1 aliphatic rings. The fourth-order valence-electron chi connectivity index (χ4n) is 1.92. The van der Waals surface area contributed by atoms with Crippen LogP contribution in [0.15, 0.2) is 30.3 Å². The Hall–Kier alpha value is -0.820. The number of hydrogen-bond acceptors (Lipinski definition) is 1. The SMILES string of the molecule is C[C@@H]1CC(c2ccccc2)CN1. The Bertz CT molecular complexity index is 242. The number of benzene rings is 1. The van der Waals surface area contributed by atoms with E-state index in [-0.39, 0.29) is 0 Å². The molecule has 1 N–H and O–H groups in total. The van der Waals surface area contributed by atoms with Crippen LogP contribution in [-0.2, 0) is 0 Å². The summed E-state index contributed by atoms with van der Waals surface area (Å²) in [6.07, 6.45) is 1.28. The predicted octanol–water partition coefficient (Wildman–Crippen LogP) is 2.15. The van der Waals surface area contributed by atoms with Crippen LogP contribution in [0, 0.1) is 0 Å². The van der Waals surface area contributed by atoms with Gasteiger partial charge < -0.3 is 5.32 Å². The zero-order valence-corrected chi connectivity index (χ0v) is 7.46. The molecule has 0 spiro atoms. The summed E-state index contributed by atoms with van der Waals surface area (Å²) < 4.78 is 0. The zero-order chi connectivity index (χ0) is 8.39. The van der Waals surface area contributed by atoms with Gasteiger partial charge in [-0.05, 0) is 24.8 Å². The monoisotopic (exact) mass is 161 g/mol. The summed E-state index contributed by atoms with van der Waals surface area (Å²) in [7, 11) is 0. The summed E-state index contributed by atoms with van der Waals surface area (Å²) in [6, 6.07) is 11.5. The Morgan fingerprint density at radius 1 is 1.25 bits per heavy atom. The fourth-order valence-corrected chi connectivity index (χ4v) is 1.92. The van der Waals surface area contributed by atoms with E-state index in [9.17, 15) is 0 Å². The van der Waals surface area contributed by atoms with Crippen molar-refractivity contribution >= 4 is 0 Å². The Balaban J connectivity index is 2.11. The molecular formula is C11H15N. The van der Waals surface area contributed by atoms with E-state index < -0.39 is 0 Å². The average Bonchev–Trinajstić information content (AvgIpc) is 2.54. The van der Waals surface area contributed by atoms with E-state index in [1.807, 2.05) is 0 Å². The van der Waals surface area contributed by atoms with Gasteiger partial charge >= 0.3 is 0 Å². The number of hydrogen-bond donors (Lipinski definition) is 1. The molecule has 0 saturated carbocycles. The highest BCUT2D eigenvalue weighted by molar-refractivity contribution is 5.21. The first-order chi connectivity index (χ1) is 5.86. The molecule has 1 aliphatic heterocycles. The van der Waals surface area contributed by atoms with Gasteiger partial charge in [0, 0.05) is 12.6 Å². The molecule has 1 aromatic rings. The quantitative estimate of drug-likeness (QED) is 0.665. The maximum absolute atomic E-state index is 3.47. The topological polar surface area (TPSA) is 12.0 Å². The van der Waals surface area contributed by atoms with Gasteiger partial charge in [0.1, 0.15) is 0 Å². The van der Waals surface area contributed by atoms with E-state index in [4.69, 9.17) is 0 Å². The average molecular weight is 161 g/mol. The Morgan fingerprint density at radius 3 is 2.58 bits per heavy atom. The van der Waals surface area contributed by atoms with Crippen LogP contribution in [0.25, 0.3) is 0 Å². The van der Waals surface area contributed by atoms with Gasteiger partial charge in [-0.2, -0.15) is 0 Å². The van der Waals surface area contributed by atoms with Crippen molar-refractivity contribution in [2.75, 3.05) is 6.54 Å². The summed E-state index contributed by atoms with van der Waals surface area (Å²) in [5.41, 5.74) is 1.48. The van der Waals surface area contributed by atoms with E-state index in [2.05, 4.69) is 42.6 Å². The minimum Gasteiger partial charge on any atom is -0.314 e. The summed E-state index contributed by atoms with van der Waals surface area (Å²) in [6.45, 7) is 3.40. The molecule has 0 amide bonds. The molecule has 64 valence electrons. The largest absolute Gasteiger partial charge is 0.314 e. The van der Waals surface area contributed by atoms with Gasteiger partial charge in [0.05, 0.1) is 0 Å². The predicted molar refractivity (Wildman–Crippen MR) is 51.3 cm³/mol. The Morgan fingerprint density at radius 2 is 2.00 bits per heavy atom. The molecule has 12 heavy (non-hydrogen) atoms. The standard InChI is InChI=1S/C11H15N/c1-9-7-11(8-12-9)10-5-3-2-4-6-10/h2-6,9,11-12H,7-8H2,1H3/t9-,11?/m1/s1. The lowest BCUT2D eigenvalue weighted by molar-refractivity contribution is 0.658. The minimum absolute atomic E-state index is 0.690. The van der Waals surface area contributed by atoms with Crippen molar-refractivity contribution in [2.45, 2.75) is 25.3 Å². The van der Waals surface area contributed by atoms with Crippen molar-refractivity contribution in [1.29, 1.82) is 0 Å². The van der Waals surface area contributed by atoms with Crippen molar-refractivity contribution in [1.82, 2.24) is 5.32 Å². The van der Waals surface area contributed by atoms with Gasteiger partial charge in [0.2, 0.25) is 0 Å². The summed E-state index contributed by atoms with van der Waals surface area (Å²) >= 11 is 0. The summed E-state index contributed by atoms with van der Waals surface area (Å²) in [4.78, 5) is 0. The van der Waals surface area contributed by atoms with Gasteiger partial charge in [0.25, 0.3) is 0 Å². The molecule has 2 atom stereocenters. The molecule has 0 bridgehead atoms. The lowest BCUT2D eigenvalue weighted by atomic mass is 9.97. The highest BCUT2D eigenvalue weighted by atomic mass is 14.9. The maximum atomic E-state index is 3.47. The maximum Gasteiger partial charge on any atom is 0.00452 e. The Labute approximate surface area is 73.8 Å². The number of rotatable bonds is 1. The molecule has 0 aromatic heterocycles. The first-order valence-electron chi connectivity index (χ1n) is 4.64. The lowest BCUT2D eigenvalue weighted by Crippen LogP contribution is -2.16. The second kappa shape index (κ2) is 3.28. The molecule has 1 nitrogen and oxygen atoms in total. The third kappa shape index (κ3) is 1.51. The van der Waals surface area contributed by atoms with Crippen LogP contribution < -0.4 is 5.32 Å². The van der Waals surface area contributed by atoms with E-state index in [1.54, 1.807) is 0 Å². The molecule has 1 aromatic carbocycles. The normalized spacial score (nSPS) is 29.1. The number of nitrogens with one attached hydrogen (secondary N) is 1. The van der Waals surface area contributed by atoms with Crippen molar-refractivity contribution < 1.29 is 0 Å². The van der Waals surface area contributed by atoms with Gasteiger partial charge in [0.15, 0.2) is 0 Å². The van der Waals surface area contributed by atoms with Gasteiger partial charge in [-0.15, -0.1) is 0 Å². The van der Waals surface area contributed by atoms with Crippen molar-refractivity contribution in [3.8, 4) is 0 Å². The molecule has 1 heteroatoms. The first-order valence-corrected chi connectivity index (χ1v) is 4.64. The van der Waals surface area contributed by atoms with Crippen LogP contribution in [0.3, 0.4) is 0 Å². The van der Waals surface area contributed by atoms with Crippen LogP contribution in [-0.4, -0.2) is 12.6 Å². The van der Waals surface area contributed by atoms with Crippen molar-refractivity contribution in [3.05, 3.63) is 35.9 Å². The van der Waals surface area contributed by atoms with Crippen LogP contribution in [0.4, 0.5) is 0 Å². The van der Waals surface area contributed by atoms with Gasteiger partial charge in [-0.1, -0.05) is 30.3 Å². The summed E-state index contributed by atoms with van der Waals surface area (Å²) in [5.74, 6) is 0.737. The van der Waals surface area contributed by atoms with Crippen molar-refractivity contribution in [3.63, 3.8) is 0 Å². The third-order valence-electron chi connectivity index (χ3n) is 2.62. The third-order valence-corrected chi connectivity index (χ3v) is 2.62. The molecule has 0 radical (unpaired) electrons. The molecule has 1 unspecified atom stereocenters. The smallest absolute Gasteiger partial charge is 0.00452 e. The van der Waals surface area contributed by atoms with E-state index in [1.165, 1.54) is 12.0 Å². The highest BCUT2D eigenvalue weighted by Gasteiger charge is 2.21. The van der Waals surface area contributed by atoms with Gasteiger partial charge in [-0.25, -0.2) is 0 Å². The second-order valence-corrected chi connectivity index (χ2v) is 3.65. The van der Waals surface area contributed by atoms with E-state index in [0.717, 1.165) is 12.5 Å². The first kappa shape index (κ1) is 7.81. The molecule has 0 aliphatic carbocycles. The van der Waals surface area contributed by atoms with Crippen LogP contribution in [0.5, 0.6) is 0 Å². The molecule has 1 fully saturated rings. The van der Waals surface area contributed by atoms with Crippen molar-refractivity contribution in [2.24, 2.45) is 0 Å². The fraction of sp³-hybridized carbons (Fsp3) is 0.455. The highest BCUT2D eigenvalue weighted by Crippen LogP contribution is 2.24. The molecule has 1 heterocycles. The van der Waals surface area contributed by atoms with Crippen LogP contribution in [0.2, 0.25) is 0 Å².